The first-order valence-corrected chi connectivity index (χ1v) is 12.9. The number of alkyl carbamates (subject to hydrolysis) is 1. The fourth-order valence-corrected chi connectivity index (χ4v) is 5.76. The Hall–Kier alpha value is -2.80. The molecule has 1 amide bonds. The Balaban J connectivity index is 1.54. The van der Waals surface area contributed by atoms with Gasteiger partial charge in [-0.25, -0.2) is 4.79 Å². The smallest absolute Gasteiger partial charge is 0.407 e. The van der Waals surface area contributed by atoms with Gasteiger partial charge in [-0.2, -0.15) is 0 Å². The van der Waals surface area contributed by atoms with Crippen LogP contribution < -0.4 is 14.8 Å². The van der Waals surface area contributed by atoms with E-state index in [-0.39, 0.29) is 30.2 Å². The van der Waals surface area contributed by atoms with Gasteiger partial charge in [-0.05, 0) is 53.5 Å². The molecule has 0 spiro atoms. The maximum atomic E-state index is 13.3. The van der Waals surface area contributed by atoms with Crippen LogP contribution in [0.2, 0.25) is 0 Å². The number of fused-ring (bicyclic) bond motifs is 3. The zero-order valence-electron chi connectivity index (χ0n) is 21.9. The van der Waals surface area contributed by atoms with Crippen molar-refractivity contribution in [1.29, 1.82) is 0 Å². The molecule has 1 N–H and O–H groups in total. The van der Waals surface area contributed by atoms with Gasteiger partial charge in [0.05, 0.1) is 20.9 Å². The molecule has 0 unspecified atom stereocenters. The van der Waals surface area contributed by atoms with Crippen molar-refractivity contribution in [2.45, 2.75) is 58.2 Å². The molecule has 4 rings (SSSR count). The average Bonchev–Trinajstić information content (AvgIpc) is 2.87. The van der Waals surface area contributed by atoms with Gasteiger partial charge in [-0.15, -0.1) is 0 Å². The summed E-state index contributed by atoms with van der Waals surface area (Å²) in [7, 11) is 3.30. The van der Waals surface area contributed by atoms with Crippen molar-refractivity contribution in [1.82, 2.24) is 10.2 Å². The second-order valence-electron chi connectivity index (χ2n) is 10.8. The number of hydrogen-bond donors (Lipinski definition) is 1. The molecule has 2 heterocycles. The average molecular weight is 499 g/mol. The molecule has 0 aromatic heterocycles. The third kappa shape index (κ3) is 6.12. The molecule has 0 radical (unpaired) electrons. The number of halogens is 1. The molecule has 2 aliphatic heterocycles. The Morgan fingerprint density at radius 2 is 1.86 bits per heavy atom. The summed E-state index contributed by atoms with van der Waals surface area (Å²) in [6.07, 6.45) is 2.25. The number of benzene rings is 2. The second kappa shape index (κ2) is 11.5. The number of rotatable bonds is 9. The van der Waals surface area contributed by atoms with Crippen LogP contribution in [0.15, 0.2) is 42.5 Å². The highest BCUT2D eigenvalue weighted by Crippen LogP contribution is 2.45. The zero-order valence-corrected chi connectivity index (χ0v) is 21.9. The standard InChI is InChI=1S/C29H39FN2O4/c1-29(2,11-12-30)17-22-19-32-13-10-21-14-26(34-3)27(35-4)15-23(21)24(32)16-25(22)36-28(33)31-18-20-8-6-5-7-9-20/h5-9,14-15,22,24-25H,10-13,16-19H2,1-4H3,(H,31,33)/t22-,24-,25-/m1/s1. The van der Waals surface area contributed by atoms with Crippen LogP contribution in [-0.2, 0) is 17.7 Å². The van der Waals surface area contributed by atoms with Crippen molar-refractivity contribution in [2.24, 2.45) is 11.3 Å². The largest absolute Gasteiger partial charge is 0.493 e. The lowest BCUT2D eigenvalue weighted by Crippen LogP contribution is -2.50. The van der Waals surface area contributed by atoms with E-state index in [0.29, 0.717) is 25.1 Å². The van der Waals surface area contributed by atoms with Crippen molar-refractivity contribution in [3.05, 3.63) is 59.2 Å². The van der Waals surface area contributed by atoms with E-state index in [0.717, 1.165) is 37.2 Å². The molecule has 0 saturated carbocycles. The lowest BCUT2D eigenvalue weighted by Gasteiger charge is -2.48. The number of nitrogens with one attached hydrogen (secondary N) is 1. The molecule has 2 aromatic carbocycles. The highest BCUT2D eigenvalue weighted by Gasteiger charge is 2.42. The monoisotopic (exact) mass is 498 g/mol. The van der Waals surface area contributed by atoms with Gasteiger partial charge in [0.2, 0.25) is 0 Å². The highest BCUT2D eigenvalue weighted by atomic mass is 19.1. The normalized spacial score (nSPS) is 21.8. The predicted octanol–water partition coefficient (Wildman–Crippen LogP) is 5.69. The minimum absolute atomic E-state index is 0.126. The number of ether oxygens (including phenoxy) is 3. The van der Waals surface area contributed by atoms with Gasteiger partial charge in [0.25, 0.3) is 0 Å². The molecule has 3 atom stereocenters. The third-order valence-electron chi connectivity index (χ3n) is 7.69. The summed E-state index contributed by atoms with van der Waals surface area (Å²) >= 11 is 0. The summed E-state index contributed by atoms with van der Waals surface area (Å²) in [6, 6.07) is 14.1. The number of hydrogen-bond acceptors (Lipinski definition) is 5. The number of methoxy groups -OCH3 is 2. The lowest BCUT2D eigenvalue weighted by molar-refractivity contribution is -0.0376. The van der Waals surface area contributed by atoms with E-state index in [1.807, 2.05) is 30.3 Å². The fourth-order valence-electron chi connectivity index (χ4n) is 5.76. The summed E-state index contributed by atoms with van der Waals surface area (Å²) in [5, 5.41) is 2.91. The quantitative estimate of drug-likeness (QED) is 0.481. The molecule has 0 aliphatic carbocycles. The molecule has 1 fully saturated rings. The van der Waals surface area contributed by atoms with Crippen LogP contribution in [0.3, 0.4) is 0 Å². The molecule has 2 aromatic rings. The third-order valence-corrected chi connectivity index (χ3v) is 7.69. The second-order valence-corrected chi connectivity index (χ2v) is 10.8. The van der Waals surface area contributed by atoms with Gasteiger partial charge in [0.1, 0.15) is 6.10 Å². The van der Waals surface area contributed by atoms with Crippen molar-refractivity contribution in [2.75, 3.05) is 34.0 Å². The van der Waals surface area contributed by atoms with E-state index in [4.69, 9.17) is 14.2 Å². The van der Waals surface area contributed by atoms with Gasteiger partial charge in [-0.1, -0.05) is 44.2 Å². The van der Waals surface area contributed by atoms with Gasteiger partial charge in [0.15, 0.2) is 11.5 Å². The molecular weight excluding hydrogens is 459 g/mol. The number of carbonyl (C=O) groups excluding carboxylic acids is 1. The summed E-state index contributed by atoms with van der Waals surface area (Å²) in [4.78, 5) is 15.4. The lowest BCUT2D eigenvalue weighted by atomic mass is 9.74. The summed E-state index contributed by atoms with van der Waals surface area (Å²) in [6.45, 7) is 6.02. The van der Waals surface area contributed by atoms with Crippen LogP contribution in [0.5, 0.6) is 11.5 Å². The fraction of sp³-hybridized carbons (Fsp3) is 0.552. The first kappa shape index (κ1) is 26.3. The van der Waals surface area contributed by atoms with E-state index in [1.165, 1.54) is 11.1 Å². The van der Waals surface area contributed by atoms with E-state index < -0.39 is 6.09 Å². The first-order chi connectivity index (χ1) is 17.3. The number of piperidine rings is 1. The topological polar surface area (TPSA) is 60.0 Å². The van der Waals surface area contributed by atoms with Crippen molar-refractivity contribution in [3.8, 4) is 11.5 Å². The number of carbonyl (C=O) groups is 1. The zero-order chi connectivity index (χ0) is 25.7. The Morgan fingerprint density at radius 1 is 1.14 bits per heavy atom. The van der Waals surface area contributed by atoms with E-state index in [2.05, 4.69) is 36.2 Å². The number of nitrogens with zero attached hydrogens (tertiary/aromatic N) is 1. The summed E-state index contributed by atoms with van der Waals surface area (Å²) < 4.78 is 30.5. The van der Waals surface area contributed by atoms with Crippen LogP contribution >= 0.6 is 0 Å². The Kier molecular flexibility index (Phi) is 8.39. The molecule has 0 bridgehead atoms. The van der Waals surface area contributed by atoms with E-state index in [9.17, 15) is 9.18 Å². The molecule has 196 valence electrons. The molecule has 6 nitrogen and oxygen atoms in total. The van der Waals surface area contributed by atoms with Crippen LogP contribution in [0.25, 0.3) is 0 Å². The minimum Gasteiger partial charge on any atom is -0.493 e. The van der Waals surface area contributed by atoms with Gasteiger partial charge in [0, 0.05) is 38.0 Å². The molecule has 36 heavy (non-hydrogen) atoms. The first-order valence-electron chi connectivity index (χ1n) is 12.9. The van der Waals surface area contributed by atoms with Crippen molar-refractivity contribution in [3.63, 3.8) is 0 Å². The van der Waals surface area contributed by atoms with Crippen LogP contribution in [0.4, 0.5) is 9.18 Å². The predicted molar refractivity (Wildman–Crippen MR) is 138 cm³/mol. The van der Waals surface area contributed by atoms with Crippen molar-refractivity contribution >= 4 is 6.09 Å². The van der Waals surface area contributed by atoms with Crippen LogP contribution in [0.1, 0.15) is 55.8 Å². The maximum absolute atomic E-state index is 13.3. The molecular formula is C29H39FN2O4. The van der Waals surface area contributed by atoms with Gasteiger partial charge >= 0.3 is 6.09 Å². The Bertz CT molecular complexity index is 1030. The summed E-state index contributed by atoms with van der Waals surface area (Å²) in [5.74, 6) is 1.58. The van der Waals surface area contributed by atoms with Crippen LogP contribution in [0, 0.1) is 11.3 Å². The SMILES string of the molecule is COc1cc2c(cc1OC)[C@H]1C[C@@H](OC(=O)NCc3ccccc3)[C@H](CC(C)(C)CCF)CN1CC2. The number of alkyl halides is 1. The van der Waals surface area contributed by atoms with E-state index >= 15 is 0 Å². The molecule has 7 heteroatoms. The molecule has 1 saturated heterocycles. The minimum atomic E-state index is -0.408. The Morgan fingerprint density at radius 3 is 2.56 bits per heavy atom. The van der Waals surface area contributed by atoms with E-state index in [1.54, 1.807) is 14.2 Å². The Labute approximate surface area is 214 Å². The molecule has 2 aliphatic rings. The van der Waals surface area contributed by atoms with Crippen molar-refractivity contribution < 1.29 is 23.4 Å². The van der Waals surface area contributed by atoms with Crippen LogP contribution in [-0.4, -0.2) is 51.1 Å². The summed E-state index contributed by atoms with van der Waals surface area (Å²) in [5.41, 5.74) is 3.31. The van der Waals surface area contributed by atoms with Gasteiger partial charge < -0.3 is 19.5 Å². The maximum Gasteiger partial charge on any atom is 0.407 e. The highest BCUT2D eigenvalue weighted by molar-refractivity contribution is 5.67. The number of amides is 1. The van der Waals surface area contributed by atoms with Gasteiger partial charge in [-0.3, -0.25) is 9.29 Å².